The molecule has 1 atom stereocenters. The molecule has 0 heterocycles. The van der Waals surface area contributed by atoms with E-state index in [9.17, 15) is 4.39 Å². The normalized spacial score (nSPS) is 12.3. The van der Waals surface area contributed by atoms with Gasteiger partial charge >= 0.3 is 0 Å². The van der Waals surface area contributed by atoms with Gasteiger partial charge in [0.2, 0.25) is 0 Å². The predicted octanol–water partition coefficient (Wildman–Crippen LogP) is 3.71. The highest BCUT2D eigenvalue weighted by molar-refractivity contribution is 6.31. The first-order valence-electron chi connectivity index (χ1n) is 5.51. The Balaban J connectivity index is 2.79. The second-order valence-corrected chi connectivity index (χ2v) is 4.87. The van der Waals surface area contributed by atoms with E-state index in [-0.39, 0.29) is 10.9 Å². The van der Waals surface area contributed by atoms with Crippen molar-refractivity contribution >= 4 is 17.3 Å². The maximum absolute atomic E-state index is 13.0. The Kier molecular flexibility index (Phi) is 4.77. The van der Waals surface area contributed by atoms with Gasteiger partial charge in [-0.25, -0.2) is 4.39 Å². The van der Waals surface area contributed by atoms with Crippen molar-refractivity contribution in [3.8, 4) is 6.07 Å². The van der Waals surface area contributed by atoms with Gasteiger partial charge in [-0.05, 0) is 24.1 Å². The molecule has 1 aromatic rings. The van der Waals surface area contributed by atoms with E-state index in [2.05, 4.69) is 6.07 Å². The van der Waals surface area contributed by atoms with E-state index in [4.69, 9.17) is 16.9 Å². The maximum atomic E-state index is 13.0. The van der Waals surface area contributed by atoms with E-state index in [1.807, 2.05) is 25.8 Å². The van der Waals surface area contributed by atoms with Gasteiger partial charge in [0.15, 0.2) is 0 Å². The standard InChI is InChI=1S/C13H16ClFN2/c1-9(2)10(7-16)8-17(3)11-4-5-13(15)12(14)6-11/h4-6,9-10H,8H2,1-3H3. The minimum Gasteiger partial charge on any atom is -0.373 e. The molecule has 1 aromatic carbocycles. The molecule has 1 rings (SSSR count). The van der Waals surface area contributed by atoms with Crippen molar-refractivity contribution in [2.45, 2.75) is 13.8 Å². The highest BCUT2D eigenvalue weighted by atomic mass is 35.5. The lowest BCUT2D eigenvalue weighted by Gasteiger charge is -2.24. The van der Waals surface area contributed by atoms with Gasteiger partial charge in [-0.3, -0.25) is 0 Å². The second-order valence-electron chi connectivity index (χ2n) is 4.46. The van der Waals surface area contributed by atoms with Crippen molar-refractivity contribution in [3.05, 3.63) is 29.0 Å². The fraction of sp³-hybridized carbons (Fsp3) is 0.462. The van der Waals surface area contributed by atoms with E-state index in [0.717, 1.165) is 5.69 Å². The molecule has 0 N–H and O–H groups in total. The lowest BCUT2D eigenvalue weighted by atomic mass is 9.97. The third-order valence-electron chi connectivity index (χ3n) is 2.79. The highest BCUT2D eigenvalue weighted by Gasteiger charge is 2.15. The average Bonchev–Trinajstić information content (AvgIpc) is 2.28. The van der Waals surface area contributed by atoms with Crippen LogP contribution in [0.3, 0.4) is 0 Å². The van der Waals surface area contributed by atoms with Gasteiger partial charge in [-0.2, -0.15) is 5.26 Å². The molecule has 92 valence electrons. The molecular weight excluding hydrogens is 239 g/mol. The Hall–Kier alpha value is -1.27. The Morgan fingerprint density at radius 3 is 2.59 bits per heavy atom. The summed E-state index contributed by atoms with van der Waals surface area (Å²) < 4.78 is 13.0. The Morgan fingerprint density at radius 2 is 2.12 bits per heavy atom. The molecule has 0 aliphatic carbocycles. The molecule has 0 spiro atoms. The molecule has 17 heavy (non-hydrogen) atoms. The summed E-state index contributed by atoms with van der Waals surface area (Å²) in [6.07, 6.45) is 0. The van der Waals surface area contributed by atoms with Crippen LogP contribution in [0, 0.1) is 29.0 Å². The minimum absolute atomic E-state index is 0.0520. The summed E-state index contributed by atoms with van der Waals surface area (Å²) in [7, 11) is 1.87. The largest absolute Gasteiger partial charge is 0.373 e. The van der Waals surface area contributed by atoms with Crippen LogP contribution >= 0.6 is 11.6 Å². The van der Waals surface area contributed by atoms with Crippen LogP contribution in [0.4, 0.5) is 10.1 Å². The summed E-state index contributed by atoms with van der Waals surface area (Å²) in [6.45, 7) is 4.63. The lowest BCUT2D eigenvalue weighted by Crippen LogP contribution is -2.27. The van der Waals surface area contributed by atoms with Crippen LogP contribution in [0.2, 0.25) is 5.02 Å². The van der Waals surface area contributed by atoms with Crippen LogP contribution < -0.4 is 4.90 Å². The minimum atomic E-state index is -0.426. The zero-order valence-electron chi connectivity index (χ0n) is 10.2. The molecule has 0 bridgehead atoms. The van der Waals surface area contributed by atoms with Crippen molar-refractivity contribution in [3.63, 3.8) is 0 Å². The van der Waals surface area contributed by atoms with Crippen LogP contribution in [0.15, 0.2) is 18.2 Å². The van der Waals surface area contributed by atoms with Crippen LogP contribution in [0.25, 0.3) is 0 Å². The van der Waals surface area contributed by atoms with Crippen LogP contribution in [-0.4, -0.2) is 13.6 Å². The number of halogens is 2. The van der Waals surface area contributed by atoms with Crippen LogP contribution in [0.1, 0.15) is 13.8 Å². The number of hydrogen-bond donors (Lipinski definition) is 0. The molecule has 0 amide bonds. The zero-order chi connectivity index (χ0) is 13.0. The molecule has 0 fully saturated rings. The molecule has 0 saturated heterocycles. The van der Waals surface area contributed by atoms with Crippen molar-refractivity contribution in [1.29, 1.82) is 5.26 Å². The number of benzene rings is 1. The third-order valence-corrected chi connectivity index (χ3v) is 3.07. The maximum Gasteiger partial charge on any atom is 0.141 e. The second kappa shape index (κ2) is 5.88. The summed E-state index contributed by atoms with van der Waals surface area (Å²) in [5, 5.41) is 9.13. The van der Waals surface area contributed by atoms with Gasteiger partial charge < -0.3 is 4.90 Å². The van der Waals surface area contributed by atoms with Gasteiger partial charge in [0.05, 0.1) is 17.0 Å². The van der Waals surface area contributed by atoms with Crippen molar-refractivity contribution < 1.29 is 4.39 Å². The molecule has 1 unspecified atom stereocenters. The SMILES string of the molecule is CC(C)C(C#N)CN(C)c1ccc(F)c(Cl)c1. The third kappa shape index (κ3) is 3.61. The van der Waals surface area contributed by atoms with Gasteiger partial charge in [-0.1, -0.05) is 25.4 Å². The quantitative estimate of drug-likeness (QED) is 0.819. The summed E-state index contributed by atoms with van der Waals surface area (Å²) in [4.78, 5) is 1.92. The van der Waals surface area contributed by atoms with Gasteiger partial charge in [0.1, 0.15) is 5.82 Å². The average molecular weight is 255 g/mol. The fourth-order valence-electron chi connectivity index (χ4n) is 1.52. The van der Waals surface area contributed by atoms with E-state index in [1.165, 1.54) is 6.07 Å². The lowest BCUT2D eigenvalue weighted by molar-refractivity contribution is 0.477. The molecule has 0 radical (unpaired) electrons. The predicted molar refractivity (Wildman–Crippen MR) is 68.6 cm³/mol. The number of anilines is 1. The summed E-state index contributed by atoms with van der Waals surface area (Å²) in [5.41, 5.74) is 0.817. The summed E-state index contributed by atoms with van der Waals surface area (Å²) in [6, 6.07) is 6.86. The summed E-state index contributed by atoms with van der Waals surface area (Å²) in [5.74, 6) is -0.188. The van der Waals surface area contributed by atoms with Gasteiger partial charge in [-0.15, -0.1) is 0 Å². The Labute approximate surface area is 107 Å². The first-order valence-corrected chi connectivity index (χ1v) is 5.89. The first-order chi connectivity index (χ1) is 7.95. The smallest absolute Gasteiger partial charge is 0.141 e. The van der Waals surface area contributed by atoms with Crippen LogP contribution in [-0.2, 0) is 0 Å². The van der Waals surface area contributed by atoms with E-state index < -0.39 is 5.82 Å². The number of nitriles is 1. The molecular formula is C13H16ClFN2. The first kappa shape index (κ1) is 13.8. The highest BCUT2D eigenvalue weighted by Crippen LogP contribution is 2.23. The van der Waals surface area contributed by atoms with Gasteiger partial charge in [0, 0.05) is 19.3 Å². The Morgan fingerprint density at radius 1 is 1.47 bits per heavy atom. The molecule has 0 aliphatic heterocycles. The zero-order valence-corrected chi connectivity index (χ0v) is 11.0. The van der Waals surface area contributed by atoms with Crippen molar-refractivity contribution in [2.24, 2.45) is 11.8 Å². The Bertz CT molecular complexity index is 426. The number of nitrogens with zero attached hydrogens (tertiary/aromatic N) is 2. The molecule has 0 aliphatic rings. The van der Waals surface area contributed by atoms with E-state index in [1.54, 1.807) is 12.1 Å². The van der Waals surface area contributed by atoms with Crippen molar-refractivity contribution in [2.75, 3.05) is 18.5 Å². The number of rotatable bonds is 4. The van der Waals surface area contributed by atoms with E-state index in [0.29, 0.717) is 12.5 Å². The molecule has 4 heteroatoms. The van der Waals surface area contributed by atoms with Gasteiger partial charge in [0.25, 0.3) is 0 Å². The molecule has 0 saturated carbocycles. The molecule has 2 nitrogen and oxygen atoms in total. The van der Waals surface area contributed by atoms with Crippen LogP contribution in [0.5, 0.6) is 0 Å². The molecule has 0 aromatic heterocycles. The van der Waals surface area contributed by atoms with Crippen molar-refractivity contribution in [1.82, 2.24) is 0 Å². The summed E-state index contributed by atoms with van der Waals surface area (Å²) >= 11 is 5.72. The van der Waals surface area contributed by atoms with E-state index >= 15 is 0 Å². The fourth-order valence-corrected chi connectivity index (χ4v) is 1.70. The topological polar surface area (TPSA) is 27.0 Å². The number of hydrogen-bond acceptors (Lipinski definition) is 2. The monoisotopic (exact) mass is 254 g/mol.